The van der Waals surface area contributed by atoms with Crippen LogP contribution in [0.25, 0.3) is 0 Å². The number of anilines is 1. The summed E-state index contributed by atoms with van der Waals surface area (Å²) in [6.45, 7) is 2.89. The molecule has 1 aromatic heterocycles. The molecule has 1 heterocycles. The van der Waals surface area contributed by atoms with Crippen LogP contribution in [-0.4, -0.2) is 29.7 Å². The van der Waals surface area contributed by atoms with Gasteiger partial charge in [-0.25, -0.2) is 0 Å². The van der Waals surface area contributed by atoms with Gasteiger partial charge in [0.05, 0.1) is 6.20 Å². The molecule has 0 saturated heterocycles. The van der Waals surface area contributed by atoms with Crippen molar-refractivity contribution in [2.75, 3.05) is 18.9 Å². The molecule has 0 radical (unpaired) electrons. The third-order valence-electron chi connectivity index (χ3n) is 2.19. The minimum absolute atomic E-state index is 0.0317. The van der Waals surface area contributed by atoms with Gasteiger partial charge in [-0.1, -0.05) is 6.92 Å². The number of hydrogen-bond acceptors (Lipinski definition) is 3. The van der Waals surface area contributed by atoms with E-state index in [4.69, 9.17) is 0 Å². The molecule has 0 bridgehead atoms. The standard InChI is InChI=1S/C10H18N4O/c1-3-8-7-12-14-10(8)13-9(15)5-4-6-11-2/h7,11H,3-6H2,1-2H3,(H2,12,13,14,15). The molecule has 0 saturated carbocycles. The molecule has 5 nitrogen and oxygen atoms in total. The maximum Gasteiger partial charge on any atom is 0.225 e. The summed E-state index contributed by atoms with van der Waals surface area (Å²) in [6, 6.07) is 0. The molecule has 1 rings (SSSR count). The lowest BCUT2D eigenvalue weighted by molar-refractivity contribution is -0.116. The average Bonchev–Trinajstić information content (AvgIpc) is 2.65. The SMILES string of the molecule is CCc1cn[nH]c1NC(=O)CCCNC. The Balaban J connectivity index is 2.37. The largest absolute Gasteiger partial charge is 0.320 e. The van der Waals surface area contributed by atoms with Crippen molar-refractivity contribution < 1.29 is 4.79 Å². The molecule has 0 aliphatic heterocycles. The van der Waals surface area contributed by atoms with E-state index in [9.17, 15) is 4.79 Å². The Bertz CT molecular complexity index is 308. The first-order valence-electron chi connectivity index (χ1n) is 5.24. The number of rotatable bonds is 6. The van der Waals surface area contributed by atoms with Gasteiger partial charge in [-0.05, 0) is 26.4 Å². The normalized spacial score (nSPS) is 10.3. The summed E-state index contributed by atoms with van der Waals surface area (Å²) in [5.74, 6) is 0.760. The van der Waals surface area contributed by atoms with Gasteiger partial charge in [-0.15, -0.1) is 0 Å². The summed E-state index contributed by atoms with van der Waals surface area (Å²) in [5, 5.41) is 12.5. The summed E-state index contributed by atoms with van der Waals surface area (Å²) in [5.41, 5.74) is 1.04. The van der Waals surface area contributed by atoms with E-state index in [1.54, 1.807) is 6.20 Å². The van der Waals surface area contributed by atoms with Crippen molar-refractivity contribution in [2.45, 2.75) is 26.2 Å². The van der Waals surface area contributed by atoms with Crippen LogP contribution in [0.2, 0.25) is 0 Å². The first-order valence-corrected chi connectivity index (χ1v) is 5.24. The highest BCUT2D eigenvalue weighted by atomic mass is 16.1. The zero-order valence-corrected chi connectivity index (χ0v) is 9.26. The van der Waals surface area contributed by atoms with Gasteiger partial charge in [-0.3, -0.25) is 9.89 Å². The summed E-state index contributed by atoms with van der Waals surface area (Å²) >= 11 is 0. The molecule has 0 spiro atoms. The lowest BCUT2D eigenvalue weighted by Crippen LogP contribution is -2.16. The van der Waals surface area contributed by atoms with Crippen LogP contribution in [-0.2, 0) is 11.2 Å². The van der Waals surface area contributed by atoms with Crippen molar-refractivity contribution in [2.24, 2.45) is 0 Å². The summed E-state index contributed by atoms with van der Waals surface area (Å²) < 4.78 is 0. The minimum atomic E-state index is 0.0317. The number of hydrogen-bond donors (Lipinski definition) is 3. The van der Waals surface area contributed by atoms with E-state index in [0.29, 0.717) is 6.42 Å². The fourth-order valence-corrected chi connectivity index (χ4v) is 1.32. The number of nitrogens with one attached hydrogen (secondary N) is 3. The number of amides is 1. The van der Waals surface area contributed by atoms with Gasteiger partial charge in [0.2, 0.25) is 5.91 Å². The smallest absolute Gasteiger partial charge is 0.225 e. The van der Waals surface area contributed by atoms with Crippen LogP contribution in [0.15, 0.2) is 6.20 Å². The minimum Gasteiger partial charge on any atom is -0.320 e. The third kappa shape index (κ3) is 3.71. The van der Waals surface area contributed by atoms with Gasteiger partial charge < -0.3 is 10.6 Å². The Morgan fingerprint density at radius 3 is 3.07 bits per heavy atom. The topological polar surface area (TPSA) is 69.8 Å². The zero-order chi connectivity index (χ0) is 11.1. The number of carbonyl (C=O) groups is 1. The lowest BCUT2D eigenvalue weighted by Gasteiger charge is -2.04. The van der Waals surface area contributed by atoms with Gasteiger partial charge in [0.15, 0.2) is 0 Å². The first-order chi connectivity index (χ1) is 7.27. The summed E-state index contributed by atoms with van der Waals surface area (Å²) in [4.78, 5) is 11.5. The molecule has 1 aromatic rings. The molecule has 0 aromatic carbocycles. The Hall–Kier alpha value is -1.36. The molecular formula is C10H18N4O. The van der Waals surface area contributed by atoms with Crippen LogP contribution in [0.3, 0.4) is 0 Å². The highest BCUT2D eigenvalue weighted by molar-refractivity contribution is 5.90. The van der Waals surface area contributed by atoms with Crippen LogP contribution in [0, 0.1) is 0 Å². The van der Waals surface area contributed by atoms with Crippen molar-refractivity contribution in [1.29, 1.82) is 0 Å². The average molecular weight is 210 g/mol. The highest BCUT2D eigenvalue weighted by Crippen LogP contribution is 2.11. The molecule has 5 heteroatoms. The molecule has 1 amide bonds. The number of aromatic nitrogens is 2. The molecule has 0 fully saturated rings. The van der Waals surface area contributed by atoms with Gasteiger partial charge in [-0.2, -0.15) is 5.10 Å². The van der Waals surface area contributed by atoms with Crippen LogP contribution >= 0.6 is 0 Å². The zero-order valence-electron chi connectivity index (χ0n) is 9.26. The first kappa shape index (κ1) is 11.7. The van der Waals surface area contributed by atoms with Crippen molar-refractivity contribution in [3.05, 3.63) is 11.8 Å². The summed E-state index contributed by atoms with van der Waals surface area (Å²) in [7, 11) is 1.88. The quantitative estimate of drug-likeness (QED) is 0.611. The maximum absolute atomic E-state index is 11.5. The molecule has 0 aliphatic carbocycles. The van der Waals surface area contributed by atoms with Crippen molar-refractivity contribution in [3.63, 3.8) is 0 Å². The van der Waals surface area contributed by atoms with E-state index < -0.39 is 0 Å². The molecule has 15 heavy (non-hydrogen) atoms. The predicted molar refractivity (Wildman–Crippen MR) is 59.8 cm³/mol. The van der Waals surface area contributed by atoms with E-state index in [0.717, 1.165) is 30.8 Å². The second-order valence-corrected chi connectivity index (χ2v) is 3.38. The predicted octanol–water partition coefficient (Wildman–Crippen LogP) is 0.910. The Morgan fingerprint density at radius 1 is 1.60 bits per heavy atom. The molecular weight excluding hydrogens is 192 g/mol. The number of nitrogens with zero attached hydrogens (tertiary/aromatic N) is 1. The van der Waals surface area contributed by atoms with Gasteiger partial charge in [0, 0.05) is 12.0 Å². The molecule has 3 N–H and O–H groups in total. The van der Waals surface area contributed by atoms with Gasteiger partial charge >= 0.3 is 0 Å². The third-order valence-corrected chi connectivity index (χ3v) is 2.19. The monoisotopic (exact) mass is 210 g/mol. The number of H-pyrrole nitrogens is 1. The van der Waals surface area contributed by atoms with Crippen molar-refractivity contribution in [1.82, 2.24) is 15.5 Å². The number of carbonyl (C=O) groups excluding carboxylic acids is 1. The van der Waals surface area contributed by atoms with E-state index in [1.807, 2.05) is 14.0 Å². The molecule has 84 valence electrons. The highest BCUT2D eigenvalue weighted by Gasteiger charge is 2.06. The number of aromatic amines is 1. The Morgan fingerprint density at radius 2 is 2.40 bits per heavy atom. The summed E-state index contributed by atoms with van der Waals surface area (Å²) in [6.07, 6.45) is 3.98. The van der Waals surface area contributed by atoms with Crippen LogP contribution in [0.5, 0.6) is 0 Å². The van der Waals surface area contributed by atoms with Crippen LogP contribution in [0.4, 0.5) is 5.82 Å². The molecule has 0 aliphatic rings. The number of aryl methyl sites for hydroxylation is 1. The van der Waals surface area contributed by atoms with Crippen molar-refractivity contribution >= 4 is 11.7 Å². The van der Waals surface area contributed by atoms with Crippen LogP contribution in [0.1, 0.15) is 25.3 Å². The Kier molecular flexibility index (Phi) is 4.83. The molecule has 0 unspecified atom stereocenters. The van der Waals surface area contributed by atoms with Gasteiger partial charge in [0.1, 0.15) is 5.82 Å². The maximum atomic E-state index is 11.5. The van der Waals surface area contributed by atoms with Crippen molar-refractivity contribution in [3.8, 4) is 0 Å². The van der Waals surface area contributed by atoms with Gasteiger partial charge in [0.25, 0.3) is 0 Å². The van der Waals surface area contributed by atoms with Crippen LogP contribution < -0.4 is 10.6 Å². The van der Waals surface area contributed by atoms with E-state index in [2.05, 4.69) is 20.8 Å². The Labute approximate surface area is 89.6 Å². The fourth-order valence-electron chi connectivity index (χ4n) is 1.32. The second-order valence-electron chi connectivity index (χ2n) is 3.38. The lowest BCUT2D eigenvalue weighted by atomic mass is 10.2. The van der Waals surface area contributed by atoms with E-state index in [-0.39, 0.29) is 5.91 Å². The fraction of sp³-hybridized carbons (Fsp3) is 0.600. The molecule has 0 atom stereocenters. The second kappa shape index (κ2) is 6.19. The van der Waals surface area contributed by atoms with E-state index >= 15 is 0 Å². The van der Waals surface area contributed by atoms with E-state index in [1.165, 1.54) is 0 Å².